The van der Waals surface area contributed by atoms with Crippen LogP contribution < -0.4 is 14.4 Å². The Hall–Kier alpha value is -4.15. The van der Waals surface area contributed by atoms with E-state index in [-0.39, 0.29) is 16.5 Å². The molecule has 222 valence electrons. The monoisotopic (exact) mass is 615 g/mol. The first-order chi connectivity index (χ1) is 21.0. The number of hydrogen-bond donors (Lipinski definition) is 1. The maximum Gasteiger partial charge on any atom is 0.301 e. The van der Waals surface area contributed by atoms with Crippen molar-refractivity contribution in [1.29, 1.82) is 0 Å². The zero-order chi connectivity index (χ0) is 30.2. The number of aromatic nitrogens is 2. The summed E-state index contributed by atoms with van der Waals surface area (Å²) in [7, 11) is 0. The molecule has 1 aliphatic heterocycles. The summed E-state index contributed by atoms with van der Waals surface area (Å²) in [5.74, 6) is 0.120. The van der Waals surface area contributed by atoms with E-state index in [4.69, 9.17) is 9.47 Å². The summed E-state index contributed by atoms with van der Waals surface area (Å²) in [5, 5.41) is 20.4. The highest BCUT2D eigenvalue weighted by Crippen LogP contribution is 2.44. The molecular formula is C33H33N3O5S2. The molecule has 0 radical (unpaired) electrons. The lowest BCUT2D eigenvalue weighted by Crippen LogP contribution is -2.29. The highest BCUT2D eigenvalue weighted by molar-refractivity contribution is 8.00. The fraction of sp³-hybridized carbons (Fsp3) is 0.273. The minimum absolute atomic E-state index is 0.0216. The molecule has 8 nitrogen and oxygen atoms in total. The van der Waals surface area contributed by atoms with Crippen molar-refractivity contribution in [2.24, 2.45) is 0 Å². The van der Waals surface area contributed by atoms with Crippen molar-refractivity contribution in [3.05, 3.63) is 101 Å². The average Bonchev–Trinajstić information content (AvgIpc) is 3.61. The van der Waals surface area contributed by atoms with Crippen LogP contribution in [-0.2, 0) is 15.3 Å². The molecule has 4 aromatic rings. The van der Waals surface area contributed by atoms with Gasteiger partial charge in [-0.25, -0.2) is 0 Å². The van der Waals surface area contributed by atoms with E-state index in [0.717, 1.165) is 24.8 Å². The Balaban J connectivity index is 1.52. The lowest BCUT2D eigenvalue weighted by atomic mass is 9.95. The van der Waals surface area contributed by atoms with Gasteiger partial charge in [0.2, 0.25) is 5.13 Å². The van der Waals surface area contributed by atoms with E-state index in [1.807, 2.05) is 55.5 Å². The van der Waals surface area contributed by atoms with E-state index >= 15 is 0 Å². The second kappa shape index (κ2) is 14.3. The van der Waals surface area contributed by atoms with Gasteiger partial charge in [0.05, 0.1) is 24.8 Å². The number of carbonyl (C=O) groups excluding carboxylic acids is 2. The number of ketones is 1. The van der Waals surface area contributed by atoms with Crippen LogP contribution in [0, 0.1) is 0 Å². The summed E-state index contributed by atoms with van der Waals surface area (Å²) < 4.78 is 12.3. The van der Waals surface area contributed by atoms with Crippen LogP contribution in [0.2, 0.25) is 0 Å². The zero-order valence-corrected chi connectivity index (χ0v) is 25.7. The Labute approximate surface area is 259 Å². The maximum absolute atomic E-state index is 13.6. The van der Waals surface area contributed by atoms with Gasteiger partial charge >= 0.3 is 5.91 Å². The number of anilines is 1. The number of Topliss-reactive ketones (excluding diaryl/α,β-unsaturated/α-hetero) is 1. The molecule has 1 amide bonds. The third kappa shape index (κ3) is 7.09. The van der Waals surface area contributed by atoms with Gasteiger partial charge in [-0.05, 0) is 60.4 Å². The van der Waals surface area contributed by atoms with Gasteiger partial charge < -0.3 is 14.6 Å². The molecule has 0 spiro atoms. The number of benzene rings is 3. The average molecular weight is 616 g/mol. The molecular weight excluding hydrogens is 583 g/mol. The molecule has 1 unspecified atom stereocenters. The number of thioether (sulfide) groups is 1. The van der Waals surface area contributed by atoms with E-state index in [1.54, 1.807) is 30.3 Å². The Bertz CT molecular complexity index is 1590. The minimum Gasteiger partial charge on any atom is -0.507 e. The predicted octanol–water partition coefficient (Wildman–Crippen LogP) is 7.42. The first-order valence-electron chi connectivity index (χ1n) is 14.3. The van der Waals surface area contributed by atoms with Crippen LogP contribution in [0.1, 0.15) is 55.8 Å². The van der Waals surface area contributed by atoms with Gasteiger partial charge in [0.15, 0.2) is 4.34 Å². The largest absolute Gasteiger partial charge is 0.507 e. The van der Waals surface area contributed by atoms with Crippen LogP contribution in [0.4, 0.5) is 5.13 Å². The van der Waals surface area contributed by atoms with Gasteiger partial charge in [0, 0.05) is 11.3 Å². The highest BCUT2D eigenvalue weighted by Gasteiger charge is 2.48. The fourth-order valence-electron chi connectivity index (χ4n) is 4.62. The number of aliphatic hydroxyl groups excluding tert-OH is 1. The smallest absolute Gasteiger partial charge is 0.301 e. The zero-order valence-electron chi connectivity index (χ0n) is 24.1. The van der Waals surface area contributed by atoms with Crippen molar-refractivity contribution >= 4 is 45.7 Å². The number of ether oxygens (including phenoxy) is 2. The number of carbonyl (C=O) groups is 2. The number of amides is 1. The molecule has 0 saturated carbocycles. The van der Waals surface area contributed by atoms with Crippen molar-refractivity contribution in [2.75, 3.05) is 18.1 Å². The number of unbranched alkanes of at least 4 members (excludes halogenated alkanes) is 1. The second-order valence-electron chi connectivity index (χ2n) is 9.94. The molecule has 1 saturated heterocycles. The molecule has 3 aromatic carbocycles. The third-order valence-electron chi connectivity index (χ3n) is 6.79. The van der Waals surface area contributed by atoms with Gasteiger partial charge in [-0.2, -0.15) is 0 Å². The summed E-state index contributed by atoms with van der Waals surface area (Å²) in [5.41, 5.74) is 2.13. The molecule has 5 rings (SSSR count). The number of nitrogens with zero attached hydrogens (tertiary/aromatic N) is 3. The number of hydrogen-bond acceptors (Lipinski definition) is 9. The normalized spacial score (nSPS) is 16.0. The second-order valence-corrected chi connectivity index (χ2v) is 12.1. The van der Waals surface area contributed by atoms with Crippen LogP contribution in [0.15, 0.2) is 88.8 Å². The number of aliphatic hydroxyl groups is 1. The molecule has 1 N–H and O–H groups in total. The lowest BCUT2D eigenvalue weighted by Gasteiger charge is -2.23. The Morgan fingerprint density at radius 3 is 2.42 bits per heavy atom. The van der Waals surface area contributed by atoms with Crippen molar-refractivity contribution in [3.8, 4) is 11.5 Å². The maximum atomic E-state index is 13.6. The molecule has 1 fully saturated rings. The van der Waals surface area contributed by atoms with Gasteiger partial charge in [-0.1, -0.05) is 85.8 Å². The summed E-state index contributed by atoms with van der Waals surface area (Å²) in [6.45, 7) is 5.22. The Morgan fingerprint density at radius 2 is 1.67 bits per heavy atom. The van der Waals surface area contributed by atoms with Crippen LogP contribution >= 0.6 is 23.1 Å². The molecule has 1 aromatic heterocycles. The fourth-order valence-corrected chi connectivity index (χ4v) is 6.44. The molecule has 2 heterocycles. The Morgan fingerprint density at radius 1 is 0.907 bits per heavy atom. The summed E-state index contributed by atoms with van der Waals surface area (Å²) >= 11 is 2.74. The standard InChI is InChI=1S/C33H33N3O5S2/c1-3-5-19-41-26-13-9-12-24(20-26)28-27(29(37)23-14-16-25(17-15-23)40-18-4-2)30(38)31(39)36(28)32-34-35-33(43-32)42-21-22-10-7-6-8-11-22/h6-17,20,28,37H,3-5,18-19,21H2,1-2H3. The van der Waals surface area contributed by atoms with Gasteiger partial charge in [-0.15, -0.1) is 10.2 Å². The van der Waals surface area contributed by atoms with Crippen LogP contribution in [0.5, 0.6) is 11.5 Å². The Kier molecular flexibility index (Phi) is 10.1. The van der Waals surface area contributed by atoms with Gasteiger partial charge in [0.1, 0.15) is 17.3 Å². The van der Waals surface area contributed by atoms with Gasteiger partial charge in [0.25, 0.3) is 5.78 Å². The molecule has 43 heavy (non-hydrogen) atoms. The summed E-state index contributed by atoms with van der Waals surface area (Å²) in [6.07, 6.45) is 2.75. The summed E-state index contributed by atoms with van der Waals surface area (Å²) in [6, 6.07) is 23.2. The van der Waals surface area contributed by atoms with Crippen LogP contribution in [0.25, 0.3) is 5.76 Å². The van der Waals surface area contributed by atoms with E-state index in [2.05, 4.69) is 17.1 Å². The third-order valence-corrected chi connectivity index (χ3v) is 8.92. The molecule has 10 heteroatoms. The van der Waals surface area contributed by atoms with E-state index in [1.165, 1.54) is 28.0 Å². The van der Waals surface area contributed by atoms with Crippen LogP contribution in [0.3, 0.4) is 0 Å². The molecule has 0 aliphatic carbocycles. The minimum atomic E-state index is -0.925. The van der Waals surface area contributed by atoms with E-state index < -0.39 is 17.7 Å². The quantitative estimate of drug-likeness (QED) is 0.0414. The van der Waals surface area contributed by atoms with Crippen molar-refractivity contribution < 1.29 is 24.2 Å². The van der Waals surface area contributed by atoms with Crippen LogP contribution in [-0.4, -0.2) is 40.2 Å². The molecule has 1 atom stereocenters. The van der Waals surface area contributed by atoms with Crippen molar-refractivity contribution in [1.82, 2.24) is 10.2 Å². The van der Waals surface area contributed by atoms with E-state index in [9.17, 15) is 14.7 Å². The first kappa shape index (κ1) is 30.3. The van der Waals surface area contributed by atoms with E-state index in [0.29, 0.717) is 45.9 Å². The molecule has 0 bridgehead atoms. The molecule has 1 aliphatic rings. The van der Waals surface area contributed by atoms with Gasteiger partial charge in [-0.3, -0.25) is 14.5 Å². The number of rotatable bonds is 13. The summed E-state index contributed by atoms with van der Waals surface area (Å²) in [4.78, 5) is 28.5. The highest BCUT2D eigenvalue weighted by atomic mass is 32.2. The van der Waals surface area contributed by atoms with Crippen molar-refractivity contribution in [3.63, 3.8) is 0 Å². The lowest BCUT2D eigenvalue weighted by molar-refractivity contribution is -0.132. The topological polar surface area (TPSA) is 102 Å². The first-order valence-corrected chi connectivity index (χ1v) is 16.1. The van der Waals surface area contributed by atoms with Crippen molar-refractivity contribution in [2.45, 2.75) is 49.2 Å². The SMILES string of the molecule is CCCCOc1cccc(C2C(=C(O)c3ccc(OCCC)cc3)C(=O)C(=O)N2c2nnc(SCc3ccccc3)s2)c1. The predicted molar refractivity (Wildman–Crippen MR) is 170 cm³/mol.